The standard InChI is InChI=1S/C12H14OS/c1-2-3-4-5-6-8-11(13)12-9-7-10-14-12/h7,9-10H,2-5H2,1H3. The average Bonchev–Trinajstić information content (AvgIpc) is 2.70. The van der Waals surface area contributed by atoms with Gasteiger partial charge in [-0.2, -0.15) is 0 Å². The average molecular weight is 206 g/mol. The predicted octanol–water partition coefficient (Wildman–Crippen LogP) is 3.51. The van der Waals surface area contributed by atoms with Crippen LogP contribution in [0.2, 0.25) is 0 Å². The summed E-state index contributed by atoms with van der Waals surface area (Å²) in [6.07, 6.45) is 4.33. The first-order valence-electron chi connectivity index (χ1n) is 4.91. The lowest BCUT2D eigenvalue weighted by atomic mass is 10.2. The second kappa shape index (κ2) is 6.39. The highest BCUT2D eigenvalue weighted by atomic mass is 32.1. The summed E-state index contributed by atoms with van der Waals surface area (Å²) < 4.78 is 0. The topological polar surface area (TPSA) is 17.1 Å². The minimum absolute atomic E-state index is 0.0449. The molecule has 0 N–H and O–H groups in total. The third kappa shape index (κ3) is 3.76. The molecule has 0 saturated carbocycles. The molecule has 0 amide bonds. The molecule has 1 rings (SSSR count). The number of rotatable bonds is 4. The number of Topliss-reactive ketones (excluding diaryl/α,β-unsaturated/α-hetero) is 1. The quantitative estimate of drug-likeness (QED) is 0.319. The maximum Gasteiger partial charge on any atom is 0.245 e. The molecule has 0 aliphatic rings. The molecular weight excluding hydrogens is 192 g/mol. The van der Waals surface area contributed by atoms with Crippen molar-refractivity contribution in [1.29, 1.82) is 0 Å². The van der Waals surface area contributed by atoms with Crippen LogP contribution in [0, 0.1) is 11.8 Å². The fourth-order valence-electron chi connectivity index (χ4n) is 1.08. The van der Waals surface area contributed by atoms with E-state index in [1.165, 1.54) is 24.2 Å². The van der Waals surface area contributed by atoms with Gasteiger partial charge >= 0.3 is 0 Å². The Morgan fingerprint density at radius 3 is 3.00 bits per heavy atom. The number of hydrogen-bond acceptors (Lipinski definition) is 2. The van der Waals surface area contributed by atoms with E-state index in [1.54, 1.807) is 0 Å². The highest BCUT2D eigenvalue weighted by Crippen LogP contribution is 2.08. The van der Waals surface area contributed by atoms with E-state index in [4.69, 9.17) is 0 Å². The molecule has 0 radical (unpaired) electrons. The zero-order valence-electron chi connectivity index (χ0n) is 8.38. The molecule has 0 aromatic carbocycles. The van der Waals surface area contributed by atoms with Gasteiger partial charge in [0, 0.05) is 6.42 Å². The highest BCUT2D eigenvalue weighted by molar-refractivity contribution is 7.12. The summed E-state index contributed by atoms with van der Waals surface area (Å²) in [6, 6.07) is 3.68. The number of thiophene rings is 1. The van der Waals surface area contributed by atoms with Gasteiger partial charge in [-0.3, -0.25) is 4.79 Å². The van der Waals surface area contributed by atoms with Gasteiger partial charge in [0.15, 0.2) is 0 Å². The zero-order chi connectivity index (χ0) is 10.2. The van der Waals surface area contributed by atoms with Gasteiger partial charge in [-0.05, 0) is 23.8 Å². The van der Waals surface area contributed by atoms with Gasteiger partial charge < -0.3 is 0 Å². The number of carbonyl (C=O) groups is 1. The van der Waals surface area contributed by atoms with Crippen molar-refractivity contribution >= 4 is 17.1 Å². The summed E-state index contributed by atoms with van der Waals surface area (Å²) in [4.78, 5) is 12.1. The summed E-state index contributed by atoms with van der Waals surface area (Å²) >= 11 is 1.45. The van der Waals surface area contributed by atoms with Crippen molar-refractivity contribution in [2.75, 3.05) is 0 Å². The number of ketones is 1. The van der Waals surface area contributed by atoms with Crippen LogP contribution in [0.5, 0.6) is 0 Å². The van der Waals surface area contributed by atoms with Crippen LogP contribution >= 0.6 is 11.3 Å². The number of hydrogen-bond donors (Lipinski definition) is 0. The second-order valence-electron chi connectivity index (χ2n) is 3.07. The Kier molecular flexibility index (Phi) is 5.03. The van der Waals surface area contributed by atoms with Gasteiger partial charge in [0.05, 0.1) is 4.88 Å². The maximum atomic E-state index is 11.4. The van der Waals surface area contributed by atoms with Gasteiger partial charge in [-0.1, -0.05) is 31.8 Å². The second-order valence-corrected chi connectivity index (χ2v) is 4.01. The molecule has 74 valence electrons. The molecule has 1 heterocycles. The number of unbranched alkanes of at least 4 members (excludes halogenated alkanes) is 3. The molecule has 0 unspecified atom stereocenters. The Labute approximate surface area is 89.2 Å². The van der Waals surface area contributed by atoms with Gasteiger partial charge in [-0.15, -0.1) is 11.3 Å². The van der Waals surface area contributed by atoms with Crippen molar-refractivity contribution in [3.63, 3.8) is 0 Å². The van der Waals surface area contributed by atoms with Crippen molar-refractivity contribution in [1.82, 2.24) is 0 Å². The van der Waals surface area contributed by atoms with E-state index in [0.717, 1.165) is 17.7 Å². The van der Waals surface area contributed by atoms with E-state index in [0.29, 0.717) is 0 Å². The summed E-state index contributed by atoms with van der Waals surface area (Å²) in [7, 11) is 0. The predicted molar refractivity (Wildman–Crippen MR) is 60.6 cm³/mol. The Morgan fingerprint density at radius 1 is 1.50 bits per heavy atom. The summed E-state index contributed by atoms with van der Waals surface area (Å²) in [6.45, 7) is 2.16. The molecule has 1 aromatic rings. The smallest absolute Gasteiger partial charge is 0.245 e. The molecule has 14 heavy (non-hydrogen) atoms. The first kappa shape index (κ1) is 11.0. The molecule has 0 aliphatic carbocycles. The Bertz CT molecular complexity index is 327. The van der Waals surface area contributed by atoms with Crippen LogP contribution in [0.1, 0.15) is 42.3 Å². The fraction of sp³-hybridized carbons (Fsp3) is 0.417. The monoisotopic (exact) mass is 206 g/mol. The van der Waals surface area contributed by atoms with Crippen LogP contribution in [0.15, 0.2) is 17.5 Å². The molecule has 1 aromatic heterocycles. The molecule has 0 spiro atoms. The Morgan fingerprint density at radius 2 is 2.36 bits per heavy atom. The van der Waals surface area contributed by atoms with E-state index >= 15 is 0 Å². The summed E-state index contributed by atoms with van der Waals surface area (Å²) in [5.41, 5.74) is 0. The van der Waals surface area contributed by atoms with Gasteiger partial charge in [0.1, 0.15) is 0 Å². The molecule has 0 fully saturated rings. The Hall–Kier alpha value is -1.07. The zero-order valence-corrected chi connectivity index (χ0v) is 9.19. The lowest BCUT2D eigenvalue weighted by Crippen LogP contribution is -1.89. The molecule has 0 atom stereocenters. The van der Waals surface area contributed by atoms with Crippen molar-refractivity contribution in [3.05, 3.63) is 22.4 Å². The Balaban J connectivity index is 2.33. The van der Waals surface area contributed by atoms with Crippen LogP contribution < -0.4 is 0 Å². The molecular formula is C12H14OS. The molecule has 0 bridgehead atoms. The normalized spacial score (nSPS) is 9.21. The summed E-state index contributed by atoms with van der Waals surface area (Å²) in [5.74, 6) is 5.54. The molecule has 0 aliphatic heterocycles. The highest BCUT2D eigenvalue weighted by Gasteiger charge is 2.00. The molecule has 0 saturated heterocycles. The first-order chi connectivity index (χ1) is 6.84. The first-order valence-corrected chi connectivity index (χ1v) is 5.79. The van der Waals surface area contributed by atoms with Gasteiger partial charge in [-0.25, -0.2) is 0 Å². The van der Waals surface area contributed by atoms with Crippen LogP contribution in [0.3, 0.4) is 0 Å². The molecule has 2 heteroatoms. The fourth-order valence-corrected chi connectivity index (χ4v) is 1.69. The third-order valence-corrected chi connectivity index (χ3v) is 2.72. The lowest BCUT2D eigenvalue weighted by molar-refractivity contribution is 0.106. The van der Waals surface area contributed by atoms with E-state index in [9.17, 15) is 4.79 Å². The van der Waals surface area contributed by atoms with E-state index in [1.807, 2.05) is 17.5 Å². The van der Waals surface area contributed by atoms with Crippen molar-refractivity contribution in [3.8, 4) is 11.8 Å². The van der Waals surface area contributed by atoms with Crippen LogP contribution in [-0.4, -0.2) is 5.78 Å². The van der Waals surface area contributed by atoms with Crippen LogP contribution in [-0.2, 0) is 0 Å². The van der Waals surface area contributed by atoms with Gasteiger partial charge in [0.2, 0.25) is 5.78 Å². The minimum atomic E-state index is -0.0449. The van der Waals surface area contributed by atoms with Crippen LogP contribution in [0.25, 0.3) is 0 Å². The lowest BCUT2D eigenvalue weighted by Gasteiger charge is -1.88. The van der Waals surface area contributed by atoms with Gasteiger partial charge in [0.25, 0.3) is 0 Å². The maximum absolute atomic E-state index is 11.4. The van der Waals surface area contributed by atoms with E-state index < -0.39 is 0 Å². The SMILES string of the molecule is CCCCCC#CC(=O)c1cccs1. The van der Waals surface area contributed by atoms with Crippen molar-refractivity contribution in [2.24, 2.45) is 0 Å². The minimum Gasteiger partial charge on any atom is -0.278 e. The van der Waals surface area contributed by atoms with E-state index in [2.05, 4.69) is 18.8 Å². The van der Waals surface area contributed by atoms with Crippen molar-refractivity contribution in [2.45, 2.75) is 32.6 Å². The summed E-state index contributed by atoms with van der Waals surface area (Å²) in [5, 5.41) is 1.89. The largest absolute Gasteiger partial charge is 0.278 e. The van der Waals surface area contributed by atoms with E-state index in [-0.39, 0.29) is 5.78 Å². The number of carbonyl (C=O) groups excluding carboxylic acids is 1. The third-order valence-electron chi connectivity index (χ3n) is 1.85. The molecule has 1 nitrogen and oxygen atoms in total. The van der Waals surface area contributed by atoms with Crippen LogP contribution in [0.4, 0.5) is 0 Å². The van der Waals surface area contributed by atoms with Crippen molar-refractivity contribution < 1.29 is 4.79 Å².